The molecule has 0 radical (unpaired) electrons. The molecular formula is C22H20N2O3S2. The average Bonchev–Trinajstić information content (AvgIpc) is 2.92. The largest absolute Gasteiger partial charge is 0.506 e. The minimum atomic E-state index is -0.431. The molecule has 2 N–H and O–H groups in total. The van der Waals surface area contributed by atoms with Crippen LogP contribution in [0, 0.1) is 6.92 Å². The fourth-order valence-corrected chi connectivity index (χ4v) is 4.09. The van der Waals surface area contributed by atoms with Crippen molar-refractivity contribution >= 4 is 51.9 Å². The van der Waals surface area contributed by atoms with E-state index in [-0.39, 0.29) is 18.2 Å². The topological polar surface area (TPSA) is 69.6 Å². The van der Waals surface area contributed by atoms with Crippen molar-refractivity contribution in [2.75, 3.05) is 11.9 Å². The fraction of sp³-hybridized carbons (Fsp3) is 0.136. The lowest BCUT2D eigenvalue weighted by molar-refractivity contribution is -0.126. The van der Waals surface area contributed by atoms with Gasteiger partial charge in [-0.3, -0.25) is 14.5 Å². The van der Waals surface area contributed by atoms with E-state index in [4.69, 9.17) is 12.2 Å². The van der Waals surface area contributed by atoms with Crippen LogP contribution in [-0.2, 0) is 9.59 Å². The van der Waals surface area contributed by atoms with Crippen molar-refractivity contribution in [3.8, 4) is 5.75 Å². The Labute approximate surface area is 179 Å². The average molecular weight is 425 g/mol. The summed E-state index contributed by atoms with van der Waals surface area (Å²) in [5.74, 6) is -0.764. The highest BCUT2D eigenvalue weighted by molar-refractivity contribution is 8.26. The van der Waals surface area contributed by atoms with E-state index in [1.807, 2.05) is 50.3 Å². The van der Waals surface area contributed by atoms with Crippen molar-refractivity contribution in [2.24, 2.45) is 0 Å². The van der Waals surface area contributed by atoms with Crippen LogP contribution < -0.4 is 5.32 Å². The molecule has 0 saturated carbocycles. The molecule has 7 heteroatoms. The summed E-state index contributed by atoms with van der Waals surface area (Å²) in [7, 11) is 0. The summed E-state index contributed by atoms with van der Waals surface area (Å²) in [5, 5.41) is 12.5. The number of phenolic OH excluding ortho intramolecular Hbond substituents is 1. The van der Waals surface area contributed by atoms with Crippen molar-refractivity contribution in [3.05, 3.63) is 76.2 Å². The quantitative estimate of drug-likeness (QED) is 0.421. The third-order valence-corrected chi connectivity index (χ3v) is 5.53. The maximum absolute atomic E-state index is 12.7. The number of aromatic hydroxyl groups is 1. The van der Waals surface area contributed by atoms with Gasteiger partial charge < -0.3 is 10.4 Å². The summed E-state index contributed by atoms with van der Waals surface area (Å²) in [5.41, 5.74) is 3.14. The number of nitrogens with one attached hydrogen (secondary N) is 1. The lowest BCUT2D eigenvalue weighted by atomic mass is 10.1. The Balaban J connectivity index is 1.69. The van der Waals surface area contributed by atoms with Crippen molar-refractivity contribution in [1.82, 2.24) is 4.90 Å². The lowest BCUT2D eigenvalue weighted by Gasteiger charge is -2.15. The van der Waals surface area contributed by atoms with Crippen LogP contribution in [-0.4, -0.2) is 32.7 Å². The van der Waals surface area contributed by atoms with Gasteiger partial charge in [-0.1, -0.05) is 66.5 Å². The van der Waals surface area contributed by atoms with Gasteiger partial charge in [-0.15, -0.1) is 0 Å². The third kappa shape index (κ3) is 5.34. The van der Waals surface area contributed by atoms with Crippen LogP contribution in [0.4, 0.5) is 5.69 Å². The van der Waals surface area contributed by atoms with Crippen molar-refractivity contribution in [2.45, 2.75) is 13.8 Å². The molecule has 2 aromatic rings. The normalized spacial score (nSPS) is 15.9. The molecule has 3 rings (SSSR count). The lowest BCUT2D eigenvalue weighted by Crippen LogP contribution is -2.36. The van der Waals surface area contributed by atoms with Crippen LogP contribution in [0.25, 0.3) is 6.08 Å². The van der Waals surface area contributed by atoms with Gasteiger partial charge in [0.15, 0.2) is 0 Å². The molecule has 2 amide bonds. The molecule has 0 aromatic heterocycles. The predicted molar refractivity (Wildman–Crippen MR) is 122 cm³/mol. The van der Waals surface area contributed by atoms with Crippen molar-refractivity contribution < 1.29 is 14.7 Å². The van der Waals surface area contributed by atoms with Gasteiger partial charge in [0.1, 0.15) is 16.6 Å². The molecule has 1 aliphatic heterocycles. The Hall–Kier alpha value is -2.90. The summed E-state index contributed by atoms with van der Waals surface area (Å²) in [6.45, 7) is 3.55. The zero-order chi connectivity index (χ0) is 21.0. The number of aryl methyl sites for hydroxylation is 1. The molecule has 0 spiro atoms. The molecule has 1 saturated heterocycles. The van der Waals surface area contributed by atoms with Gasteiger partial charge in [0.25, 0.3) is 5.91 Å². The van der Waals surface area contributed by atoms with Gasteiger partial charge in [-0.2, -0.15) is 0 Å². The van der Waals surface area contributed by atoms with Gasteiger partial charge in [-0.25, -0.2) is 0 Å². The van der Waals surface area contributed by atoms with Crippen LogP contribution in [0.15, 0.2) is 65.1 Å². The molecule has 1 heterocycles. The van der Waals surface area contributed by atoms with Crippen LogP contribution >= 0.6 is 24.0 Å². The Bertz CT molecular complexity index is 1030. The smallest absolute Gasteiger partial charge is 0.266 e. The first-order chi connectivity index (χ1) is 13.8. The van der Waals surface area contributed by atoms with E-state index in [9.17, 15) is 14.7 Å². The van der Waals surface area contributed by atoms with Gasteiger partial charge in [-0.05, 0) is 48.8 Å². The molecule has 1 fully saturated rings. The van der Waals surface area contributed by atoms with Gasteiger partial charge in [0, 0.05) is 0 Å². The number of hydrogen-bond donors (Lipinski definition) is 2. The maximum Gasteiger partial charge on any atom is 0.266 e. The zero-order valence-electron chi connectivity index (χ0n) is 16.0. The number of thioether (sulfide) groups is 1. The van der Waals surface area contributed by atoms with Gasteiger partial charge in [0.05, 0.1) is 10.6 Å². The number of carbonyl (C=O) groups is 2. The van der Waals surface area contributed by atoms with E-state index >= 15 is 0 Å². The number of carbonyl (C=O) groups excluding carboxylic acids is 2. The van der Waals surface area contributed by atoms with Gasteiger partial charge in [0.2, 0.25) is 5.91 Å². The highest BCUT2D eigenvalue weighted by Crippen LogP contribution is 2.32. The number of allylic oxidation sites excluding steroid dienone is 2. The highest BCUT2D eigenvalue weighted by atomic mass is 32.2. The van der Waals surface area contributed by atoms with E-state index in [1.54, 1.807) is 18.2 Å². The molecule has 5 nitrogen and oxygen atoms in total. The molecule has 1 aliphatic rings. The first kappa shape index (κ1) is 20.8. The number of rotatable bonds is 5. The second kappa shape index (κ2) is 9.07. The van der Waals surface area contributed by atoms with E-state index in [2.05, 4.69) is 5.32 Å². The number of anilines is 1. The van der Waals surface area contributed by atoms with Crippen LogP contribution in [0.3, 0.4) is 0 Å². The number of amides is 2. The van der Waals surface area contributed by atoms with E-state index in [1.165, 1.54) is 22.7 Å². The summed E-state index contributed by atoms with van der Waals surface area (Å²) < 4.78 is 0.331. The summed E-state index contributed by atoms with van der Waals surface area (Å²) in [6, 6.07) is 14.7. The molecule has 29 heavy (non-hydrogen) atoms. The monoisotopic (exact) mass is 424 g/mol. The molecule has 0 unspecified atom stereocenters. The second-order valence-corrected chi connectivity index (χ2v) is 8.31. The molecule has 0 aliphatic carbocycles. The Morgan fingerprint density at radius 1 is 1.24 bits per heavy atom. The second-order valence-electron chi connectivity index (χ2n) is 6.64. The molecule has 0 bridgehead atoms. The predicted octanol–water partition coefficient (Wildman–Crippen LogP) is 4.49. The number of phenols is 1. The van der Waals surface area contributed by atoms with Gasteiger partial charge >= 0.3 is 0 Å². The SMILES string of the molecule is CC(/C=C1\SC(=S)N(CC(=O)Nc2cc(C)ccc2O)C1=O)=C\c1ccccc1. The summed E-state index contributed by atoms with van der Waals surface area (Å²) in [6.07, 6.45) is 3.75. The first-order valence-corrected chi connectivity index (χ1v) is 10.1. The van der Waals surface area contributed by atoms with Crippen molar-refractivity contribution in [3.63, 3.8) is 0 Å². The third-order valence-electron chi connectivity index (χ3n) is 4.15. The Morgan fingerprint density at radius 2 is 1.97 bits per heavy atom. The summed E-state index contributed by atoms with van der Waals surface area (Å²) >= 11 is 6.46. The molecule has 0 atom stereocenters. The molecular weight excluding hydrogens is 404 g/mol. The molecule has 148 valence electrons. The fourth-order valence-electron chi connectivity index (χ4n) is 2.78. The van der Waals surface area contributed by atoms with Crippen molar-refractivity contribution in [1.29, 1.82) is 0 Å². The minimum absolute atomic E-state index is 0.0316. The number of thiocarbonyl (C=S) groups is 1. The highest BCUT2D eigenvalue weighted by Gasteiger charge is 2.33. The minimum Gasteiger partial charge on any atom is -0.506 e. The van der Waals surface area contributed by atoms with Crippen LogP contribution in [0.5, 0.6) is 5.75 Å². The number of benzene rings is 2. The van der Waals surface area contributed by atoms with Crippen LogP contribution in [0.2, 0.25) is 0 Å². The standard InChI is InChI=1S/C22H20N2O3S2/c1-14-8-9-18(25)17(11-14)23-20(26)13-24-21(27)19(29-22(24)28)12-15(2)10-16-6-4-3-5-7-16/h3-12,25H,13H2,1-2H3,(H,23,26)/b15-10+,19-12-. The van der Waals surface area contributed by atoms with Crippen LogP contribution in [0.1, 0.15) is 18.1 Å². The van der Waals surface area contributed by atoms with E-state index < -0.39 is 5.91 Å². The number of hydrogen-bond acceptors (Lipinski definition) is 5. The zero-order valence-corrected chi connectivity index (χ0v) is 17.6. The summed E-state index contributed by atoms with van der Waals surface area (Å²) in [4.78, 5) is 26.8. The number of nitrogens with zero attached hydrogens (tertiary/aromatic N) is 1. The van der Waals surface area contributed by atoms with E-state index in [0.29, 0.717) is 14.9 Å². The van der Waals surface area contributed by atoms with E-state index in [0.717, 1.165) is 16.7 Å². The Kier molecular flexibility index (Phi) is 6.51. The Morgan fingerprint density at radius 3 is 2.69 bits per heavy atom. The maximum atomic E-state index is 12.7. The molecule has 2 aromatic carbocycles. The first-order valence-electron chi connectivity index (χ1n) is 8.91.